The molecule has 0 amide bonds. The minimum absolute atomic E-state index is 0.168. The van der Waals surface area contributed by atoms with Crippen LogP contribution >= 0.6 is 0 Å². The Morgan fingerprint density at radius 3 is 2.50 bits per heavy atom. The van der Waals surface area contributed by atoms with Crippen LogP contribution < -0.4 is 0 Å². The zero-order valence-corrected chi connectivity index (χ0v) is 15.2. The van der Waals surface area contributed by atoms with Crippen LogP contribution in [0.4, 0.5) is 4.39 Å². The Labute approximate surface area is 154 Å². The second-order valence-electron chi connectivity index (χ2n) is 7.38. The van der Waals surface area contributed by atoms with Gasteiger partial charge in [-0.1, -0.05) is 42.0 Å². The van der Waals surface area contributed by atoms with Crippen LogP contribution in [0.5, 0.6) is 0 Å². The maximum Gasteiger partial charge on any atom is 0.123 e. The number of hydrogen-bond donors (Lipinski definition) is 0. The fourth-order valence-corrected chi connectivity index (χ4v) is 3.54. The van der Waals surface area contributed by atoms with E-state index in [1.165, 1.54) is 35.2 Å². The average molecular weight is 348 g/mol. The lowest BCUT2D eigenvalue weighted by atomic mass is 10.1. The van der Waals surface area contributed by atoms with Gasteiger partial charge in [-0.2, -0.15) is 0 Å². The zero-order chi connectivity index (χ0) is 17.9. The molecule has 1 saturated carbocycles. The van der Waals surface area contributed by atoms with E-state index in [2.05, 4.69) is 59.0 Å². The number of aryl methyl sites for hydroxylation is 1. The summed E-state index contributed by atoms with van der Waals surface area (Å²) in [5.41, 5.74) is 5.14. The Bertz CT molecular complexity index is 862. The second-order valence-corrected chi connectivity index (χ2v) is 7.38. The maximum atomic E-state index is 13.2. The molecule has 1 heterocycles. The van der Waals surface area contributed by atoms with E-state index < -0.39 is 0 Å². The highest BCUT2D eigenvalue weighted by atomic mass is 19.1. The molecule has 0 bridgehead atoms. The average Bonchev–Trinajstić information content (AvgIpc) is 3.39. The lowest BCUT2D eigenvalue weighted by molar-refractivity contribution is 0.239. The molecule has 2 aromatic carbocycles. The molecule has 0 atom stereocenters. The number of rotatable bonds is 7. The molecule has 3 aromatic rings. The molecule has 134 valence electrons. The first kappa shape index (κ1) is 17.0. The van der Waals surface area contributed by atoms with Gasteiger partial charge in [0.2, 0.25) is 0 Å². The van der Waals surface area contributed by atoms with E-state index in [1.54, 1.807) is 12.1 Å². The molecule has 1 aliphatic carbocycles. The van der Waals surface area contributed by atoms with Crippen molar-refractivity contribution in [1.29, 1.82) is 0 Å². The summed E-state index contributed by atoms with van der Waals surface area (Å²) in [6.07, 6.45) is 4.69. The van der Waals surface area contributed by atoms with Gasteiger partial charge >= 0.3 is 0 Å². The van der Waals surface area contributed by atoms with Crippen molar-refractivity contribution in [2.75, 3.05) is 0 Å². The summed E-state index contributed by atoms with van der Waals surface area (Å²) >= 11 is 0. The van der Waals surface area contributed by atoms with Gasteiger partial charge in [0.1, 0.15) is 5.82 Å². The number of aromatic nitrogens is 1. The Hall–Kier alpha value is -2.39. The van der Waals surface area contributed by atoms with E-state index in [1.807, 2.05) is 12.1 Å². The molecule has 26 heavy (non-hydrogen) atoms. The van der Waals surface area contributed by atoms with Gasteiger partial charge in [0.25, 0.3) is 0 Å². The van der Waals surface area contributed by atoms with Crippen molar-refractivity contribution < 1.29 is 4.39 Å². The van der Waals surface area contributed by atoms with Gasteiger partial charge in [-0.25, -0.2) is 4.39 Å². The third-order valence-corrected chi connectivity index (χ3v) is 5.09. The van der Waals surface area contributed by atoms with Crippen LogP contribution in [0.1, 0.15) is 35.2 Å². The molecular formula is C23H25FN2. The smallest absolute Gasteiger partial charge is 0.123 e. The van der Waals surface area contributed by atoms with Crippen LogP contribution in [0.3, 0.4) is 0 Å². The molecule has 0 radical (unpaired) electrons. The molecule has 1 aromatic heterocycles. The highest BCUT2D eigenvalue weighted by Gasteiger charge is 2.29. The van der Waals surface area contributed by atoms with Gasteiger partial charge in [-0.05, 0) is 55.2 Å². The van der Waals surface area contributed by atoms with Crippen LogP contribution in [0.25, 0.3) is 0 Å². The molecule has 2 nitrogen and oxygen atoms in total. The molecule has 0 aliphatic heterocycles. The fraction of sp³-hybridized carbons (Fsp3) is 0.304. The molecule has 1 aliphatic rings. The van der Waals surface area contributed by atoms with E-state index >= 15 is 0 Å². The Morgan fingerprint density at radius 2 is 1.77 bits per heavy atom. The lowest BCUT2D eigenvalue weighted by Gasteiger charge is -2.23. The second kappa shape index (κ2) is 7.46. The Kier molecular flexibility index (Phi) is 4.89. The fourth-order valence-electron chi connectivity index (χ4n) is 3.54. The normalized spacial score (nSPS) is 14.1. The monoisotopic (exact) mass is 348 g/mol. The predicted octanol–water partition coefficient (Wildman–Crippen LogP) is 5.15. The predicted molar refractivity (Wildman–Crippen MR) is 103 cm³/mol. The Morgan fingerprint density at radius 1 is 0.962 bits per heavy atom. The maximum absolute atomic E-state index is 13.2. The standard InChI is InChI=1S/C23H25FN2/c1-18-4-2-5-20(14-18)16-25-13-3-6-23(25)17-26(22-11-12-22)15-19-7-9-21(24)10-8-19/h2-10,13-14,22H,11-12,15-17H2,1H3. The third kappa shape index (κ3) is 4.23. The topological polar surface area (TPSA) is 8.17 Å². The van der Waals surface area contributed by atoms with E-state index in [-0.39, 0.29) is 5.82 Å². The van der Waals surface area contributed by atoms with Crippen molar-refractivity contribution in [3.8, 4) is 0 Å². The molecule has 0 unspecified atom stereocenters. The van der Waals surface area contributed by atoms with Gasteiger partial charge in [0, 0.05) is 37.6 Å². The summed E-state index contributed by atoms with van der Waals surface area (Å²) in [5, 5.41) is 0. The number of benzene rings is 2. The zero-order valence-electron chi connectivity index (χ0n) is 15.2. The van der Waals surface area contributed by atoms with Crippen molar-refractivity contribution in [2.24, 2.45) is 0 Å². The highest BCUT2D eigenvalue weighted by molar-refractivity contribution is 5.24. The summed E-state index contributed by atoms with van der Waals surface area (Å²) in [5.74, 6) is -0.168. The Balaban J connectivity index is 1.48. The van der Waals surface area contributed by atoms with Gasteiger partial charge in [-0.3, -0.25) is 4.90 Å². The summed E-state index contributed by atoms with van der Waals surface area (Å²) in [6, 6.07) is 20.6. The number of halogens is 1. The summed E-state index contributed by atoms with van der Waals surface area (Å²) < 4.78 is 15.5. The summed E-state index contributed by atoms with van der Waals surface area (Å²) in [6.45, 7) is 4.85. The van der Waals surface area contributed by atoms with Crippen LogP contribution in [0, 0.1) is 12.7 Å². The molecule has 0 spiro atoms. The van der Waals surface area contributed by atoms with Gasteiger partial charge in [-0.15, -0.1) is 0 Å². The first-order valence-electron chi connectivity index (χ1n) is 9.35. The van der Waals surface area contributed by atoms with E-state index in [9.17, 15) is 4.39 Å². The van der Waals surface area contributed by atoms with Crippen LogP contribution in [0.2, 0.25) is 0 Å². The van der Waals surface area contributed by atoms with Crippen molar-refractivity contribution in [3.63, 3.8) is 0 Å². The summed E-state index contributed by atoms with van der Waals surface area (Å²) in [7, 11) is 0. The highest BCUT2D eigenvalue weighted by Crippen LogP contribution is 2.30. The molecule has 1 fully saturated rings. The SMILES string of the molecule is Cc1cccc(Cn2cccc2CN(Cc2ccc(F)cc2)C2CC2)c1. The number of nitrogens with zero attached hydrogens (tertiary/aromatic N) is 2. The van der Waals surface area contributed by atoms with Crippen LogP contribution in [0.15, 0.2) is 66.9 Å². The third-order valence-electron chi connectivity index (χ3n) is 5.09. The minimum atomic E-state index is -0.168. The molecule has 4 rings (SSSR count). The van der Waals surface area contributed by atoms with E-state index in [0.717, 1.165) is 19.6 Å². The molecule has 0 saturated heterocycles. The minimum Gasteiger partial charge on any atom is -0.346 e. The van der Waals surface area contributed by atoms with Gasteiger partial charge < -0.3 is 4.57 Å². The number of hydrogen-bond acceptors (Lipinski definition) is 1. The molecule has 0 N–H and O–H groups in total. The first-order chi connectivity index (χ1) is 12.7. The van der Waals surface area contributed by atoms with E-state index in [0.29, 0.717) is 6.04 Å². The molecule has 3 heteroatoms. The summed E-state index contributed by atoms with van der Waals surface area (Å²) in [4.78, 5) is 2.52. The van der Waals surface area contributed by atoms with Crippen molar-refractivity contribution in [1.82, 2.24) is 9.47 Å². The lowest BCUT2D eigenvalue weighted by Crippen LogP contribution is -2.26. The molecular weight excluding hydrogens is 323 g/mol. The van der Waals surface area contributed by atoms with Crippen molar-refractivity contribution in [3.05, 3.63) is 95.1 Å². The van der Waals surface area contributed by atoms with Crippen LogP contribution in [-0.2, 0) is 19.6 Å². The van der Waals surface area contributed by atoms with Gasteiger partial charge in [0.05, 0.1) is 0 Å². The van der Waals surface area contributed by atoms with Crippen LogP contribution in [-0.4, -0.2) is 15.5 Å². The first-order valence-corrected chi connectivity index (χ1v) is 9.35. The quantitative estimate of drug-likeness (QED) is 0.573. The largest absolute Gasteiger partial charge is 0.346 e. The van der Waals surface area contributed by atoms with Crippen molar-refractivity contribution in [2.45, 2.75) is 45.4 Å². The van der Waals surface area contributed by atoms with E-state index in [4.69, 9.17) is 0 Å². The van der Waals surface area contributed by atoms with Gasteiger partial charge in [0.15, 0.2) is 0 Å². The van der Waals surface area contributed by atoms with Crippen molar-refractivity contribution >= 4 is 0 Å².